The van der Waals surface area contributed by atoms with Crippen molar-refractivity contribution < 1.29 is 19.1 Å². The summed E-state index contributed by atoms with van der Waals surface area (Å²) >= 11 is 5.83. The first kappa shape index (κ1) is 16.8. The molecule has 0 aliphatic carbocycles. The molecule has 0 spiro atoms. The van der Waals surface area contributed by atoms with Crippen LogP contribution in [0.25, 0.3) is 0 Å². The average Bonchev–Trinajstić information content (AvgIpc) is 2.55. The summed E-state index contributed by atoms with van der Waals surface area (Å²) in [5, 5.41) is 3.08. The van der Waals surface area contributed by atoms with E-state index in [0.29, 0.717) is 16.5 Å². The van der Waals surface area contributed by atoms with Crippen LogP contribution in [0.15, 0.2) is 48.5 Å². The van der Waals surface area contributed by atoms with Crippen molar-refractivity contribution in [3.8, 4) is 5.75 Å². The van der Waals surface area contributed by atoms with Gasteiger partial charge in [-0.15, -0.1) is 0 Å². The summed E-state index contributed by atoms with van der Waals surface area (Å²) in [6.07, 6.45) is -0.966. The molecule has 0 aliphatic heterocycles. The molecule has 0 saturated heterocycles. The van der Waals surface area contributed by atoms with Gasteiger partial charge in [-0.1, -0.05) is 29.8 Å². The molecule has 120 valence electrons. The second-order valence-corrected chi connectivity index (χ2v) is 5.18. The van der Waals surface area contributed by atoms with E-state index in [9.17, 15) is 9.59 Å². The van der Waals surface area contributed by atoms with Crippen LogP contribution in [0.2, 0.25) is 5.02 Å². The number of hydrogen-bond donors (Lipinski definition) is 1. The van der Waals surface area contributed by atoms with Gasteiger partial charge in [0.25, 0.3) is 5.91 Å². The Labute approximate surface area is 139 Å². The molecule has 0 radical (unpaired) electrons. The number of rotatable bonds is 5. The van der Waals surface area contributed by atoms with Gasteiger partial charge in [-0.3, -0.25) is 4.79 Å². The molecule has 0 aromatic heterocycles. The van der Waals surface area contributed by atoms with Crippen LogP contribution in [0.4, 0.5) is 5.69 Å². The second kappa shape index (κ2) is 7.65. The lowest BCUT2D eigenvalue weighted by Crippen LogP contribution is -2.30. The van der Waals surface area contributed by atoms with Crippen LogP contribution < -0.4 is 10.1 Å². The van der Waals surface area contributed by atoms with E-state index in [1.807, 2.05) is 0 Å². The zero-order valence-electron chi connectivity index (χ0n) is 12.7. The number of carbonyl (C=O) groups excluding carboxylic acids is 2. The molecule has 2 rings (SSSR count). The van der Waals surface area contributed by atoms with E-state index in [-0.39, 0.29) is 5.56 Å². The molecular formula is C17H16ClNO4. The molecule has 2 aromatic carbocycles. The first-order chi connectivity index (χ1) is 11.0. The average molecular weight is 334 g/mol. The van der Waals surface area contributed by atoms with E-state index in [0.717, 1.165) is 0 Å². The molecule has 0 saturated carbocycles. The minimum Gasteiger partial charge on any atom is -0.495 e. The maximum atomic E-state index is 12.1. The summed E-state index contributed by atoms with van der Waals surface area (Å²) in [4.78, 5) is 24.1. The van der Waals surface area contributed by atoms with Crippen molar-refractivity contribution in [2.45, 2.75) is 13.0 Å². The van der Waals surface area contributed by atoms with E-state index in [2.05, 4.69) is 5.32 Å². The lowest BCUT2D eigenvalue weighted by atomic mass is 10.2. The fraction of sp³-hybridized carbons (Fsp3) is 0.176. The fourth-order valence-electron chi connectivity index (χ4n) is 1.88. The first-order valence-corrected chi connectivity index (χ1v) is 7.29. The third-order valence-corrected chi connectivity index (χ3v) is 3.31. The van der Waals surface area contributed by atoms with Gasteiger partial charge in [0.1, 0.15) is 5.75 Å². The number of anilines is 1. The Morgan fingerprint density at radius 3 is 2.57 bits per heavy atom. The van der Waals surface area contributed by atoms with Gasteiger partial charge in [-0.25, -0.2) is 4.79 Å². The third kappa shape index (κ3) is 4.47. The van der Waals surface area contributed by atoms with Crippen molar-refractivity contribution in [3.05, 3.63) is 59.1 Å². The molecule has 1 atom stereocenters. The molecule has 6 heteroatoms. The van der Waals surface area contributed by atoms with Crippen molar-refractivity contribution >= 4 is 29.2 Å². The molecule has 0 bridgehead atoms. The Morgan fingerprint density at radius 2 is 1.87 bits per heavy atom. The standard InChI is InChI=1S/C17H16ClNO4/c1-11(23-17(21)12-6-5-7-13(18)10-12)16(20)19-14-8-3-4-9-15(14)22-2/h3-11H,1-2H3,(H,19,20)/t11-/m1/s1. The molecule has 5 nitrogen and oxygen atoms in total. The maximum absolute atomic E-state index is 12.1. The first-order valence-electron chi connectivity index (χ1n) is 6.91. The number of para-hydroxylation sites is 2. The van der Waals surface area contributed by atoms with Crippen LogP contribution in [-0.4, -0.2) is 25.1 Å². The summed E-state index contributed by atoms with van der Waals surface area (Å²) < 4.78 is 10.3. The Balaban J connectivity index is 2.01. The molecule has 1 N–H and O–H groups in total. The Hall–Kier alpha value is -2.53. The number of methoxy groups -OCH3 is 1. The SMILES string of the molecule is COc1ccccc1NC(=O)[C@@H](C)OC(=O)c1cccc(Cl)c1. The molecule has 23 heavy (non-hydrogen) atoms. The highest BCUT2D eigenvalue weighted by atomic mass is 35.5. The Morgan fingerprint density at radius 1 is 1.13 bits per heavy atom. The number of ether oxygens (including phenoxy) is 2. The molecule has 0 unspecified atom stereocenters. The normalized spacial score (nSPS) is 11.4. The molecule has 0 heterocycles. The van der Waals surface area contributed by atoms with Crippen LogP contribution in [-0.2, 0) is 9.53 Å². The van der Waals surface area contributed by atoms with Gasteiger partial charge < -0.3 is 14.8 Å². The maximum Gasteiger partial charge on any atom is 0.338 e. The van der Waals surface area contributed by atoms with E-state index < -0.39 is 18.0 Å². The highest BCUT2D eigenvalue weighted by Crippen LogP contribution is 2.23. The van der Waals surface area contributed by atoms with Crippen LogP contribution in [0.1, 0.15) is 17.3 Å². The lowest BCUT2D eigenvalue weighted by Gasteiger charge is -2.15. The summed E-state index contributed by atoms with van der Waals surface area (Å²) in [6.45, 7) is 1.49. The van der Waals surface area contributed by atoms with Crippen LogP contribution in [0.5, 0.6) is 5.75 Å². The highest BCUT2D eigenvalue weighted by Gasteiger charge is 2.20. The number of amides is 1. The summed E-state index contributed by atoms with van der Waals surface area (Å²) in [5.41, 5.74) is 0.792. The summed E-state index contributed by atoms with van der Waals surface area (Å²) in [7, 11) is 1.51. The number of esters is 1. The van der Waals surface area contributed by atoms with Gasteiger partial charge in [0.05, 0.1) is 18.4 Å². The summed E-state index contributed by atoms with van der Waals surface area (Å²) in [5.74, 6) is -0.547. The monoisotopic (exact) mass is 333 g/mol. The Bertz CT molecular complexity index is 717. The zero-order valence-corrected chi connectivity index (χ0v) is 13.5. The minimum absolute atomic E-state index is 0.287. The van der Waals surface area contributed by atoms with Gasteiger partial charge in [0.2, 0.25) is 0 Å². The van der Waals surface area contributed by atoms with Crippen molar-refractivity contribution in [1.29, 1.82) is 0 Å². The van der Waals surface area contributed by atoms with Gasteiger partial charge in [0, 0.05) is 5.02 Å². The van der Waals surface area contributed by atoms with Crippen LogP contribution in [0.3, 0.4) is 0 Å². The van der Waals surface area contributed by atoms with Crippen LogP contribution >= 0.6 is 11.6 Å². The lowest BCUT2D eigenvalue weighted by molar-refractivity contribution is -0.123. The largest absolute Gasteiger partial charge is 0.495 e. The quantitative estimate of drug-likeness (QED) is 0.850. The topological polar surface area (TPSA) is 64.6 Å². The van der Waals surface area contributed by atoms with E-state index >= 15 is 0 Å². The van der Waals surface area contributed by atoms with Crippen molar-refractivity contribution in [2.75, 3.05) is 12.4 Å². The van der Waals surface area contributed by atoms with E-state index in [1.54, 1.807) is 42.5 Å². The van der Waals surface area contributed by atoms with Crippen LogP contribution in [0, 0.1) is 0 Å². The second-order valence-electron chi connectivity index (χ2n) is 4.75. The Kier molecular flexibility index (Phi) is 5.60. The van der Waals surface area contributed by atoms with E-state index in [1.165, 1.54) is 20.1 Å². The highest BCUT2D eigenvalue weighted by molar-refractivity contribution is 6.30. The van der Waals surface area contributed by atoms with Crippen molar-refractivity contribution in [1.82, 2.24) is 0 Å². The number of hydrogen-bond acceptors (Lipinski definition) is 4. The number of carbonyl (C=O) groups is 2. The van der Waals surface area contributed by atoms with Crippen molar-refractivity contribution in [3.63, 3.8) is 0 Å². The molecule has 0 fully saturated rings. The smallest absolute Gasteiger partial charge is 0.338 e. The van der Waals surface area contributed by atoms with Gasteiger partial charge in [-0.2, -0.15) is 0 Å². The zero-order chi connectivity index (χ0) is 16.8. The molecular weight excluding hydrogens is 318 g/mol. The molecule has 1 amide bonds. The predicted octanol–water partition coefficient (Wildman–Crippen LogP) is 3.53. The van der Waals surface area contributed by atoms with Gasteiger partial charge in [0.15, 0.2) is 6.10 Å². The molecule has 2 aromatic rings. The van der Waals surface area contributed by atoms with Crippen molar-refractivity contribution in [2.24, 2.45) is 0 Å². The number of benzene rings is 2. The van der Waals surface area contributed by atoms with E-state index in [4.69, 9.17) is 21.1 Å². The number of nitrogens with one attached hydrogen (secondary N) is 1. The van der Waals surface area contributed by atoms with Gasteiger partial charge >= 0.3 is 5.97 Å². The predicted molar refractivity (Wildman–Crippen MR) is 88.0 cm³/mol. The molecule has 0 aliphatic rings. The van der Waals surface area contributed by atoms with Gasteiger partial charge in [-0.05, 0) is 37.3 Å². The minimum atomic E-state index is -0.966. The third-order valence-electron chi connectivity index (χ3n) is 3.08. The summed E-state index contributed by atoms with van der Waals surface area (Å²) in [6, 6.07) is 13.3. The fourth-order valence-corrected chi connectivity index (χ4v) is 2.07. The number of halogens is 1.